The molecule has 2 heterocycles. The average Bonchev–Trinajstić information content (AvgIpc) is 3.31. The molecule has 0 unspecified atom stereocenters. The molecule has 9 heteroatoms. The van der Waals surface area contributed by atoms with Crippen molar-refractivity contribution in [1.82, 2.24) is 14.4 Å². The van der Waals surface area contributed by atoms with Gasteiger partial charge in [0.05, 0.1) is 22.9 Å². The monoisotopic (exact) mass is 393 g/mol. The molecule has 0 radical (unpaired) electrons. The largest absolute Gasteiger partial charge is 0.356 e. The minimum Gasteiger partial charge on any atom is -0.356 e. The highest BCUT2D eigenvalue weighted by atomic mass is 32.2. The van der Waals surface area contributed by atoms with E-state index >= 15 is 0 Å². The molecule has 1 aliphatic heterocycles. The van der Waals surface area contributed by atoms with Gasteiger partial charge in [-0.15, -0.1) is 0 Å². The number of rotatable bonds is 4. The third kappa shape index (κ3) is 3.25. The molecule has 2 aromatic rings. The Kier molecular flexibility index (Phi) is 4.31. The van der Waals surface area contributed by atoms with E-state index in [0.717, 1.165) is 0 Å². The van der Waals surface area contributed by atoms with Gasteiger partial charge in [-0.25, -0.2) is 12.8 Å². The SMILES string of the molecule is CS(=O)(=O)N1CCN(C(=O)C2(c3cc(-c4ccccc4F)on3)CC2)CC1. The Bertz CT molecular complexity index is 976. The molecular formula is C18H20FN3O4S. The second-order valence-electron chi connectivity index (χ2n) is 7.09. The summed E-state index contributed by atoms with van der Waals surface area (Å²) in [6.45, 7) is 1.29. The summed E-state index contributed by atoms with van der Waals surface area (Å²) in [5.41, 5.74) is 0.0813. The van der Waals surface area contributed by atoms with Crippen molar-refractivity contribution >= 4 is 15.9 Å². The number of carbonyl (C=O) groups excluding carboxylic acids is 1. The fourth-order valence-corrected chi connectivity index (χ4v) is 4.35. The summed E-state index contributed by atoms with van der Waals surface area (Å²) in [4.78, 5) is 14.7. The van der Waals surface area contributed by atoms with Gasteiger partial charge < -0.3 is 9.42 Å². The Hall–Kier alpha value is -2.26. The molecule has 4 rings (SSSR count). The molecule has 2 fully saturated rings. The quantitative estimate of drug-likeness (QED) is 0.788. The van der Waals surface area contributed by atoms with Crippen molar-refractivity contribution in [2.24, 2.45) is 0 Å². The zero-order chi connectivity index (χ0) is 19.2. The fourth-order valence-electron chi connectivity index (χ4n) is 3.52. The van der Waals surface area contributed by atoms with Gasteiger partial charge in [-0.3, -0.25) is 4.79 Å². The van der Waals surface area contributed by atoms with Crippen molar-refractivity contribution in [3.63, 3.8) is 0 Å². The van der Waals surface area contributed by atoms with Crippen LogP contribution in [0.2, 0.25) is 0 Å². The molecule has 1 aliphatic carbocycles. The van der Waals surface area contributed by atoms with Gasteiger partial charge >= 0.3 is 0 Å². The van der Waals surface area contributed by atoms with E-state index in [1.165, 1.54) is 16.6 Å². The van der Waals surface area contributed by atoms with Crippen LogP contribution in [0.5, 0.6) is 0 Å². The first-order valence-electron chi connectivity index (χ1n) is 8.78. The van der Waals surface area contributed by atoms with Gasteiger partial charge in [-0.05, 0) is 25.0 Å². The van der Waals surface area contributed by atoms with Crippen LogP contribution < -0.4 is 0 Å². The summed E-state index contributed by atoms with van der Waals surface area (Å²) in [6.07, 6.45) is 2.48. The molecule has 2 aliphatic rings. The molecule has 0 N–H and O–H groups in total. The molecule has 1 saturated heterocycles. The van der Waals surface area contributed by atoms with E-state index in [-0.39, 0.29) is 5.91 Å². The third-order valence-electron chi connectivity index (χ3n) is 5.29. The topological polar surface area (TPSA) is 83.7 Å². The maximum absolute atomic E-state index is 14.0. The van der Waals surface area contributed by atoms with Crippen LogP contribution in [0.1, 0.15) is 18.5 Å². The number of hydrogen-bond donors (Lipinski definition) is 0. The number of piperazine rings is 1. The Morgan fingerprint density at radius 2 is 1.85 bits per heavy atom. The van der Waals surface area contributed by atoms with Crippen LogP contribution >= 0.6 is 0 Å². The van der Waals surface area contributed by atoms with Gasteiger partial charge in [0.25, 0.3) is 0 Å². The molecule has 0 bridgehead atoms. The number of nitrogens with zero attached hydrogens (tertiary/aromatic N) is 3. The highest BCUT2D eigenvalue weighted by Gasteiger charge is 2.55. The standard InChI is InChI=1S/C18H20FN3O4S/c1-27(24,25)22-10-8-21(9-11-22)17(23)18(6-7-18)16-12-15(26-20-16)13-4-2-3-5-14(13)19/h2-5,12H,6-11H2,1H3. The first-order valence-corrected chi connectivity index (χ1v) is 10.6. The maximum atomic E-state index is 14.0. The molecule has 27 heavy (non-hydrogen) atoms. The minimum atomic E-state index is -3.25. The van der Waals surface area contributed by atoms with Crippen LogP contribution in [0.25, 0.3) is 11.3 Å². The molecule has 0 spiro atoms. The van der Waals surface area contributed by atoms with E-state index < -0.39 is 21.3 Å². The van der Waals surface area contributed by atoms with Crippen LogP contribution in [0.3, 0.4) is 0 Å². The lowest BCUT2D eigenvalue weighted by Crippen LogP contribution is -2.52. The van der Waals surface area contributed by atoms with Gasteiger partial charge in [0, 0.05) is 32.2 Å². The van der Waals surface area contributed by atoms with Crippen molar-refractivity contribution in [3.8, 4) is 11.3 Å². The zero-order valence-corrected chi connectivity index (χ0v) is 15.7. The second-order valence-corrected chi connectivity index (χ2v) is 9.08. The van der Waals surface area contributed by atoms with Gasteiger partial charge in [-0.2, -0.15) is 4.31 Å². The number of sulfonamides is 1. The second kappa shape index (κ2) is 6.42. The molecule has 1 saturated carbocycles. The fraction of sp³-hybridized carbons (Fsp3) is 0.444. The van der Waals surface area contributed by atoms with Gasteiger partial charge in [0.2, 0.25) is 15.9 Å². The molecule has 1 aromatic heterocycles. The lowest BCUT2D eigenvalue weighted by molar-refractivity contribution is -0.135. The summed E-state index contributed by atoms with van der Waals surface area (Å²) < 4.78 is 43.9. The predicted molar refractivity (Wildman–Crippen MR) is 95.8 cm³/mol. The van der Waals surface area contributed by atoms with Gasteiger partial charge in [-0.1, -0.05) is 17.3 Å². The van der Waals surface area contributed by atoms with Crippen molar-refractivity contribution in [1.29, 1.82) is 0 Å². The molecule has 0 atom stereocenters. The molecule has 144 valence electrons. The number of halogens is 1. The van der Waals surface area contributed by atoms with Crippen LogP contribution in [-0.2, 0) is 20.2 Å². The minimum absolute atomic E-state index is 0.0657. The van der Waals surface area contributed by atoms with Gasteiger partial charge in [0.1, 0.15) is 5.82 Å². The van der Waals surface area contributed by atoms with Crippen molar-refractivity contribution in [3.05, 3.63) is 41.8 Å². The van der Waals surface area contributed by atoms with E-state index in [4.69, 9.17) is 4.52 Å². The molecule has 1 amide bonds. The number of benzene rings is 1. The normalized spacial score (nSPS) is 19.9. The highest BCUT2D eigenvalue weighted by Crippen LogP contribution is 2.50. The van der Waals surface area contributed by atoms with Crippen molar-refractivity contribution in [2.45, 2.75) is 18.3 Å². The number of amides is 1. The first-order chi connectivity index (χ1) is 12.8. The molecular weight excluding hydrogens is 373 g/mol. The van der Waals surface area contributed by atoms with E-state index in [9.17, 15) is 17.6 Å². The molecule has 1 aromatic carbocycles. The van der Waals surface area contributed by atoms with Crippen molar-refractivity contribution < 1.29 is 22.1 Å². The van der Waals surface area contributed by atoms with E-state index in [0.29, 0.717) is 56.0 Å². The Morgan fingerprint density at radius 1 is 1.19 bits per heavy atom. The summed E-state index contributed by atoms with van der Waals surface area (Å²) in [6, 6.07) is 7.89. The van der Waals surface area contributed by atoms with Crippen LogP contribution in [0, 0.1) is 5.82 Å². The number of aromatic nitrogens is 1. The van der Waals surface area contributed by atoms with Crippen LogP contribution in [0.4, 0.5) is 4.39 Å². The first kappa shape index (κ1) is 18.1. The smallest absolute Gasteiger partial charge is 0.235 e. The average molecular weight is 393 g/mol. The summed E-state index contributed by atoms with van der Waals surface area (Å²) in [7, 11) is -3.25. The summed E-state index contributed by atoms with van der Waals surface area (Å²) >= 11 is 0. The lowest BCUT2D eigenvalue weighted by atomic mass is 9.99. The number of hydrogen-bond acceptors (Lipinski definition) is 5. The summed E-state index contributed by atoms with van der Waals surface area (Å²) in [5.74, 6) is -0.179. The van der Waals surface area contributed by atoms with Crippen molar-refractivity contribution in [2.75, 3.05) is 32.4 Å². The van der Waals surface area contributed by atoms with E-state index in [1.54, 1.807) is 29.2 Å². The predicted octanol–water partition coefficient (Wildman–Crippen LogP) is 1.62. The van der Waals surface area contributed by atoms with Crippen LogP contribution in [0.15, 0.2) is 34.9 Å². The Morgan fingerprint density at radius 3 is 2.44 bits per heavy atom. The maximum Gasteiger partial charge on any atom is 0.235 e. The van der Waals surface area contributed by atoms with Gasteiger partial charge in [0.15, 0.2) is 5.76 Å². The highest BCUT2D eigenvalue weighted by molar-refractivity contribution is 7.88. The third-order valence-corrected chi connectivity index (χ3v) is 6.60. The zero-order valence-electron chi connectivity index (χ0n) is 14.9. The summed E-state index contributed by atoms with van der Waals surface area (Å²) in [5, 5.41) is 4.04. The molecule has 7 nitrogen and oxygen atoms in total. The van der Waals surface area contributed by atoms with E-state index in [1.807, 2.05) is 0 Å². The van der Waals surface area contributed by atoms with E-state index in [2.05, 4.69) is 5.16 Å². The number of carbonyl (C=O) groups is 1. The lowest BCUT2D eigenvalue weighted by Gasteiger charge is -2.35. The Labute approximate surface area is 156 Å². The van der Waals surface area contributed by atoms with Crippen LogP contribution in [-0.4, -0.2) is 61.1 Å². The Balaban J connectivity index is 1.52.